The predicted molar refractivity (Wildman–Crippen MR) is 142 cm³/mol. The van der Waals surface area contributed by atoms with Crippen LogP contribution in [0.4, 0.5) is 5.69 Å². The maximum absolute atomic E-state index is 13.6. The van der Waals surface area contributed by atoms with Gasteiger partial charge in [-0.2, -0.15) is 0 Å². The molecule has 0 aliphatic carbocycles. The van der Waals surface area contributed by atoms with Crippen molar-refractivity contribution in [3.63, 3.8) is 0 Å². The van der Waals surface area contributed by atoms with Crippen molar-refractivity contribution in [2.45, 2.75) is 32.2 Å². The van der Waals surface area contributed by atoms with Crippen LogP contribution < -0.4 is 24.4 Å². The van der Waals surface area contributed by atoms with Crippen molar-refractivity contribution in [1.82, 2.24) is 4.57 Å². The molecule has 10 nitrogen and oxygen atoms in total. The van der Waals surface area contributed by atoms with E-state index in [0.29, 0.717) is 26.6 Å². The molecule has 0 saturated heterocycles. The first-order valence-electron chi connectivity index (χ1n) is 11.9. The highest BCUT2D eigenvalue weighted by Crippen LogP contribution is 2.47. The Morgan fingerprint density at radius 2 is 2.08 bits per heavy atom. The third-order valence-electron chi connectivity index (χ3n) is 6.76. The number of hydrogen-bond acceptors (Lipinski definition) is 9. The summed E-state index contributed by atoms with van der Waals surface area (Å²) < 4.78 is 19.5. The van der Waals surface area contributed by atoms with Crippen molar-refractivity contribution in [2.75, 3.05) is 0 Å². The summed E-state index contributed by atoms with van der Waals surface area (Å²) in [6.45, 7) is 3.19. The van der Waals surface area contributed by atoms with Crippen molar-refractivity contribution in [3.8, 4) is 11.5 Å². The molecule has 3 atom stereocenters. The van der Waals surface area contributed by atoms with Crippen molar-refractivity contribution in [2.24, 2.45) is 10.9 Å². The highest BCUT2D eigenvalue weighted by atomic mass is 35.5. The van der Waals surface area contributed by atoms with E-state index >= 15 is 0 Å². The highest BCUT2D eigenvalue weighted by molar-refractivity contribution is 7.07. The predicted octanol–water partition coefficient (Wildman–Crippen LogP) is 4.01. The fourth-order valence-corrected chi connectivity index (χ4v) is 6.38. The Balaban J connectivity index is 1.35. The zero-order valence-corrected chi connectivity index (χ0v) is 22.2. The zero-order chi connectivity index (χ0) is 27.5. The second-order valence-corrected chi connectivity index (χ2v) is 10.8. The number of ether oxygens (including phenoxy) is 2. The average Bonchev–Trinajstić information content (AvgIpc) is 3.45. The zero-order valence-electron chi connectivity index (χ0n) is 20.6. The van der Waals surface area contributed by atoms with E-state index in [4.69, 9.17) is 30.5 Å². The molecule has 0 spiro atoms. The van der Waals surface area contributed by atoms with Gasteiger partial charge in [0.15, 0.2) is 10.6 Å². The van der Waals surface area contributed by atoms with Crippen molar-refractivity contribution >= 4 is 40.5 Å². The van der Waals surface area contributed by atoms with Gasteiger partial charge in [0, 0.05) is 22.7 Å². The normalized spacial score (nSPS) is 21.4. The van der Waals surface area contributed by atoms with E-state index in [2.05, 4.69) is 0 Å². The number of aromatic nitrogens is 1. The maximum atomic E-state index is 13.6. The van der Waals surface area contributed by atoms with Crippen LogP contribution >= 0.6 is 22.9 Å². The third kappa shape index (κ3) is 4.23. The number of ketones is 1. The first kappa shape index (κ1) is 25.1. The summed E-state index contributed by atoms with van der Waals surface area (Å²) >= 11 is 7.04. The molecule has 0 unspecified atom stereocenters. The van der Waals surface area contributed by atoms with Gasteiger partial charge in [0.1, 0.15) is 35.6 Å². The minimum absolute atomic E-state index is 0.0549. The van der Waals surface area contributed by atoms with Gasteiger partial charge in [-0.05, 0) is 44.2 Å². The maximum Gasteiger partial charge on any atom is 0.312 e. The van der Waals surface area contributed by atoms with Gasteiger partial charge < -0.3 is 13.9 Å². The van der Waals surface area contributed by atoms with Gasteiger partial charge in [-0.25, -0.2) is 4.99 Å². The van der Waals surface area contributed by atoms with Gasteiger partial charge in [-0.3, -0.25) is 24.3 Å². The Morgan fingerprint density at radius 3 is 2.85 bits per heavy atom. The van der Waals surface area contributed by atoms with E-state index in [1.54, 1.807) is 29.7 Å². The number of carbonyl (C=O) groups excluding carboxylic acids is 1. The molecule has 0 amide bonds. The molecule has 39 heavy (non-hydrogen) atoms. The number of furan rings is 1. The lowest BCUT2D eigenvalue weighted by molar-refractivity contribution is -0.385. The number of hydrogen-bond donors (Lipinski definition) is 0. The minimum Gasteiger partial charge on any atom is -0.479 e. The summed E-state index contributed by atoms with van der Waals surface area (Å²) in [7, 11) is 0. The molecule has 2 aromatic carbocycles. The Morgan fingerprint density at radius 1 is 1.28 bits per heavy atom. The number of benzene rings is 2. The van der Waals surface area contributed by atoms with E-state index < -0.39 is 22.6 Å². The number of nitro benzene ring substituents is 1. The molecular weight excluding hydrogens is 546 g/mol. The van der Waals surface area contributed by atoms with Gasteiger partial charge in [-0.1, -0.05) is 41.1 Å². The molecule has 12 heteroatoms. The largest absolute Gasteiger partial charge is 0.479 e. The number of fused-ring (bicyclic) bond motifs is 6. The molecule has 4 aromatic rings. The Labute approximate surface area is 229 Å². The standard InChI is InChI=1S/C27H20ClN3O7S/c1-14(32)23-24-18-5-3-4-6-20(18)38-27(23,2)29-26-30(24)25(33)22(39-26)12-16-8-9-17(37-16)13-36-21-10-7-15(28)11-19(21)31(34)35/h3-12,23-24H,13H2,1-2H3/b22-12+/t23-,24-,27-/m1/s1. The molecule has 0 radical (unpaired) electrons. The first-order chi connectivity index (χ1) is 18.6. The molecule has 2 aliphatic heterocycles. The Kier molecular flexibility index (Phi) is 5.92. The number of Topliss-reactive ketones (excluding diaryl/α,β-unsaturated/α-hetero) is 1. The lowest BCUT2D eigenvalue weighted by Crippen LogP contribution is -2.58. The van der Waals surface area contributed by atoms with E-state index in [0.717, 1.165) is 5.56 Å². The summed E-state index contributed by atoms with van der Waals surface area (Å²) in [6.07, 6.45) is 1.60. The van der Waals surface area contributed by atoms with Gasteiger partial charge in [0.2, 0.25) is 5.72 Å². The van der Waals surface area contributed by atoms with Crippen molar-refractivity contribution in [3.05, 3.63) is 107 Å². The molecule has 0 N–H and O–H groups in total. The van der Waals surface area contributed by atoms with Crippen LogP contribution in [0.25, 0.3) is 6.08 Å². The second kappa shape index (κ2) is 9.21. The molecule has 0 saturated carbocycles. The van der Waals surface area contributed by atoms with Crippen molar-refractivity contribution in [1.29, 1.82) is 0 Å². The molecular formula is C27H20ClN3O7S. The lowest BCUT2D eigenvalue weighted by atomic mass is 9.79. The van der Waals surface area contributed by atoms with Crippen LogP contribution in [0.2, 0.25) is 5.02 Å². The Hall–Kier alpha value is -4.22. The van der Waals surface area contributed by atoms with E-state index in [9.17, 15) is 19.7 Å². The highest BCUT2D eigenvalue weighted by Gasteiger charge is 2.53. The lowest BCUT2D eigenvalue weighted by Gasteiger charge is -2.45. The smallest absolute Gasteiger partial charge is 0.312 e. The van der Waals surface area contributed by atoms with Gasteiger partial charge >= 0.3 is 5.69 Å². The number of para-hydroxylation sites is 1. The van der Waals surface area contributed by atoms with Crippen LogP contribution in [-0.4, -0.2) is 21.0 Å². The third-order valence-corrected chi connectivity index (χ3v) is 7.98. The van der Waals surface area contributed by atoms with E-state index in [1.807, 2.05) is 24.3 Å². The Bertz CT molecular complexity index is 1840. The van der Waals surface area contributed by atoms with Crippen LogP contribution in [0.5, 0.6) is 11.5 Å². The molecule has 198 valence electrons. The fraction of sp³-hybridized carbons (Fsp3) is 0.222. The number of nitrogens with zero attached hydrogens (tertiary/aromatic N) is 3. The monoisotopic (exact) mass is 565 g/mol. The van der Waals surface area contributed by atoms with E-state index in [1.165, 1.54) is 36.5 Å². The summed E-state index contributed by atoms with van der Waals surface area (Å²) in [5.41, 5.74) is -0.930. The number of halogens is 1. The number of nitro groups is 1. The number of carbonyl (C=O) groups is 1. The van der Waals surface area contributed by atoms with Crippen LogP contribution in [-0.2, 0) is 11.4 Å². The average molecular weight is 566 g/mol. The molecule has 6 rings (SSSR count). The quantitative estimate of drug-likeness (QED) is 0.255. The topological polar surface area (TPSA) is 126 Å². The van der Waals surface area contributed by atoms with Crippen LogP contribution in [0.3, 0.4) is 0 Å². The minimum atomic E-state index is -1.14. The van der Waals surface area contributed by atoms with Gasteiger partial charge in [0.05, 0.1) is 15.5 Å². The van der Waals surface area contributed by atoms with E-state index in [-0.39, 0.29) is 34.4 Å². The molecule has 2 aliphatic rings. The fourth-order valence-electron chi connectivity index (χ4n) is 5.14. The molecule has 2 bridgehead atoms. The summed E-state index contributed by atoms with van der Waals surface area (Å²) in [5, 5.41) is 11.5. The van der Waals surface area contributed by atoms with Crippen LogP contribution in [0.15, 0.2) is 68.8 Å². The number of thiazole rings is 1. The molecule has 2 aromatic heterocycles. The second-order valence-electron chi connectivity index (χ2n) is 9.37. The molecule has 4 heterocycles. The SMILES string of the molecule is CC(=O)[C@@H]1[C@H]2c3ccccc3O[C@@]1(C)N=c1s/c(=C/c3ccc(COc4ccc(Cl)cc4[N+](=O)[O-])o3)c(=O)n12. The van der Waals surface area contributed by atoms with Gasteiger partial charge in [-0.15, -0.1) is 0 Å². The summed E-state index contributed by atoms with van der Waals surface area (Å²) in [4.78, 5) is 42.3. The first-order valence-corrected chi connectivity index (χ1v) is 13.1. The van der Waals surface area contributed by atoms with Crippen LogP contribution in [0.1, 0.15) is 37.0 Å². The van der Waals surface area contributed by atoms with Gasteiger partial charge in [0.25, 0.3) is 5.56 Å². The number of rotatable bonds is 6. The van der Waals surface area contributed by atoms with Crippen molar-refractivity contribution < 1.29 is 23.6 Å². The molecule has 0 fully saturated rings. The summed E-state index contributed by atoms with van der Waals surface area (Å²) in [6, 6.07) is 14.3. The summed E-state index contributed by atoms with van der Waals surface area (Å²) in [5.74, 6) is 0.663. The van der Waals surface area contributed by atoms with Crippen LogP contribution in [0, 0.1) is 16.0 Å².